The molecule has 2 N–H and O–H groups in total. The SMILES string of the molecule is Cc1ccc(CC(C)NC(=O)CC2COCCN2)c(C)c1. The smallest absolute Gasteiger partial charge is 0.221 e. The lowest BCUT2D eigenvalue weighted by Gasteiger charge is -2.24. The normalized spacial score (nSPS) is 20.0. The summed E-state index contributed by atoms with van der Waals surface area (Å²) in [7, 11) is 0. The molecule has 0 radical (unpaired) electrons. The summed E-state index contributed by atoms with van der Waals surface area (Å²) in [5.74, 6) is 0.0928. The number of hydrogen-bond acceptors (Lipinski definition) is 3. The molecule has 2 atom stereocenters. The van der Waals surface area contributed by atoms with Crippen molar-refractivity contribution in [3.8, 4) is 0 Å². The molecule has 21 heavy (non-hydrogen) atoms. The molecule has 2 rings (SSSR count). The van der Waals surface area contributed by atoms with Crippen LogP contribution in [0.15, 0.2) is 18.2 Å². The van der Waals surface area contributed by atoms with Crippen molar-refractivity contribution in [2.45, 2.75) is 45.7 Å². The van der Waals surface area contributed by atoms with Gasteiger partial charge in [-0.2, -0.15) is 0 Å². The Morgan fingerprint density at radius 1 is 1.48 bits per heavy atom. The van der Waals surface area contributed by atoms with Crippen molar-refractivity contribution in [3.63, 3.8) is 0 Å². The topological polar surface area (TPSA) is 50.4 Å². The van der Waals surface area contributed by atoms with Gasteiger partial charge in [0.2, 0.25) is 5.91 Å². The van der Waals surface area contributed by atoms with Crippen LogP contribution in [0, 0.1) is 13.8 Å². The van der Waals surface area contributed by atoms with Crippen LogP contribution in [0.4, 0.5) is 0 Å². The summed E-state index contributed by atoms with van der Waals surface area (Å²) in [4.78, 5) is 12.0. The van der Waals surface area contributed by atoms with Crippen molar-refractivity contribution in [2.75, 3.05) is 19.8 Å². The maximum atomic E-state index is 12.0. The highest BCUT2D eigenvalue weighted by Crippen LogP contribution is 2.12. The highest BCUT2D eigenvalue weighted by molar-refractivity contribution is 5.76. The summed E-state index contributed by atoms with van der Waals surface area (Å²) in [6.45, 7) is 8.47. The number of benzene rings is 1. The Morgan fingerprint density at radius 2 is 2.29 bits per heavy atom. The Bertz CT molecular complexity index is 482. The molecule has 116 valence electrons. The summed E-state index contributed by atoms with van der Waals surface area (Å²) in [5.41, 5.74) is 3.86. The summed E-state index contributed by atoms with van der Waals surface area (Å²) < 4.78 is 5.37. The predicted molar refractivity (Wildman–Crippen MR) is 84.5 cm³/mol. The van der Waals surface area contributed by atoms with E-state index in [2.05, 4.69) is 49.6 Å². The Morgan fingerprint density at radius 3 is 2.95 bits per heavy atom. The number of amides is 1. The van der Waals surface area contributed by atoms with Crippen LogP contribution in [0.25, 0.3) is 0 Å². The van der Waals surface area contributed by atoms with Gasteiger partial charge in [0.1, 0.15) is 0 Å². The highest BCUT2D eigenvalue weighted by atomic mass is 16.5. The molecule has 0 saturated carbocycles. The van der Waals surface area contributed by atoms with Gasteiger partial charge in [0.05, 0.1) is 13.2 Å². The fourth-order valence-electron chi connectivity index (χ4n) is 2.76. The van der Waals surface area contributed by atoms with Crippen LogP contribution in [-0.4, -0.2) is 37.7 Å². The van der Waals surface area contributed by atoms with E-state index in [1.54, 1.807) is 0 Å². The van der Waals surface area contributed by atoms with Gasteiger partial charge < -0.3 is 15.4 Å². The Kier molecular flexibility index (Phi) is 5.76. The molecule has 1 amide bonds. The fourth-order valence-corrected chi connectivity index (χ4v) is 2.76. The zero-order chi connectivity index (χ0) is 15.2. The molecule has 0 spiro atoms. The zero-order valence-corrected chi connectivity index (χ0v) is 13.2. The number of carbonyl (C=O) groups excluding carboxylic acids is 1. The number of nitrogens with one attached hydrogen (secondary N) is 2. The molecule has 4 heteroatoms. The Labute approximate surface area is 127 Å². The van der Waals surface area contributed by atoms with Crippen LogP contribution in [0.3, 0.4) is 0 Å². The quantitative estimate of drug-likeness (QED) is 0.868. The minimum absolute atomic E-state index is 0.0928. The minimum Gasteiger partial charge on any atom is -0.378 e. The lowest BCUT2D eigenvalue weighted by Crippen LogP contribution is -2.45. The summed E-state index contributed by atoms with van der Waals surface area (Å²) in [5, 5.41) is 6.39. The monoisotopic (exact) mass is 290 g/mol. The maximum Gasteiger partial charge on any atom is 0.221 e. The molecule has 1 saturated heterocycles. The lowest BCUT2D eigenvalue weighted by molar-refractivity contribution is -0.122. The van der Waals surface area contributed by atoms with E-state index in [-0.39, 0.29) is 18.0 Å². The Balaban J connectivity index is 1.80. The molecule has 0 aliphatic carbocycles. The van der Waals surface area contributed by atoms with Crippen molar-refractivity contribution < 1.29 is 9.53 Å². The van der Waals surface area contributed by atoms with Gasteiger partial charge in [0.25, 0.3) is 0 Å². The molecule has 4 nitrogen and oxygen atoms in total. The number of ether oxygens (including phenoxy) is 1. The van der Waals surface area contributed by atoms with Crippen molar-refractivity contribution in [3.05, 3.63) is 34.9 Å². The van der Waals surface area contributed by atoms with Gasteiger partial charge in [-0.05, 0) is 38.3 Å². The van der Waals surface area contributed by atoms with Crippen LogP contribution in [-0.2, 0) is 16.0 Å². The average molecular weight is 290 g/mol. The zero-order valence-electron chi connectivity index (χ0n) is 13.2. The molecule has 0 aromatic heterocycles. The third kappa shape index (κ3) is 5.14. The summed E-state index contributed by atoms with van der Waals surface area (Å²) in [6.07, 6.45) is 1.35. The second-order valence-corrected chi connectivity index (χ2v) is 6.03. The van der Waals surface area contributed by atoms with Gasteiger partial charge in [0, 0.05) is 25.0 Å². The molecular formula is C17H26N2O2. The van der Waals surface area contributed by atoms with Crippen LogP contribution >= 0.6 is 0 Å². The number of aryl methyl sites for hydroxylation is 2. The van der Waals surface area contributed by atoms with Gasteiger partial charge >= 0.3 is 0 Å². The average Bonchev–Trinajstić information content (AvgIpc) is 2.43. The molecule has 0 bridgehead atoms. The minimum atomic E-state index is 0.0928. The van der Waals surface area contributed by atoms with Crippen molar-refractivity contribution >= 4 is 5.91 Å². The van der Waals surface area contributed by atoms with Gasteiger partial charge in [-0.1, -0.05) is 23.8 Å². The fraction of sp³-hybridized carbons (Fsp3) is 0.588. The van der Waals surface area contributed by atoms with E-state index in [4.69, 9.17) is 4.74 Å². The van der Waals surface area contributed by atoms with Gasteiger partial charge in [-0.25, -0.2) is 0 Å². The third-order valence-electron chi connectivity index (χ3n) is 3.86. The maximum absolute atomic E-state index is 12.0. The second-order valence-electron chi connectivity index (χ2n) is 6.03. The van der Waals surface area contributed by atoms with E-state index in [9.17, 15) is 4.79 Å². The molecule has 1 heterocycles. The van der Waals surface area contributed by atoms with Crippen LogP contribution in [0.1, 0.15) is 30.0 Å². The van der Waals surface area contributed by atoms with E-state index in [0.717, 1.165) is 19.6 Å². The third-order valence-corrected chi connectivity index (χ3v) is 3.86. The van der Waals surface area contributed by atoms with Gasteiger partial charge in [-0.15, -0.1) is 0 Å². The molecule has 1 aliphatic heterocycles. The van der Waals surface area contributed by atoms with Crippen LogP contribution in [0.5, 0.6) is 0 Å². The first kappa shape index (κ1) is 16.0. The first-order chi connectivity index (χ1) is 10.0. The van der Waals surface area contributed by atoms with E-state index < -0.39 is 0 Å². The van der Waals surface area contributed by atoms with E-state index in [1.165, 1.54) is 16.7 Å². The van der Waals surface area contributed by atoms with Crippen molar-refractivity contribution in [1.29, 1.82) is 0 Å². The van der Waals surface area contributed by atoms with E-state index >= 15 is 0 Å². The molecular weight excluding hydrogens is 264 g/mol. The van der Waals surface area contributed by atoms with Gasteiger partial charge in [-0.3, -0.25) is 4.79 Å². The predicted octanol–water partition coefficient (Wildman–Crippen LogP) is 1.73. The molecule has 2 unspecified atom stereocenters. The molecule has 1 aliphatic rings. The van der Waals surface area contributed by atoms with Crippen LogP contribution in [0.2, 0.25) is 0 Å². The number of carbonyl (C=O) groups is 1. The first-order valence-electron chi connectivity index (χ1n) is 7.71. The second kappa shape index (κ2) is 7.57. The largest absolute Gasteiger partial charge is 0.378 e. The molecule has 1 fully saturated rings. The van der Waals surface area contributed by atoms with Crippen molar-refractivity contribution in [2.24, 2.45) is 0 Å². The number of rotatable bonds is 5. The molecule has 1 aromatic carbocycles. The van der Waals surface area contributed by atoms with Gasteiger partial charge in [0.15, 0.2) is 0 Å². The standard InChI is InChI=1S/C17H26N2O2/c1-12-4-5-15(13(2)8-12)9-14(3)19-17(20)10-16-11-21-7-6-18-16/h4-5,8,14,16,18H,6-7,9-11H2,1-3H3,(H,19,20). The number of morpholine rings is 1. The molecule has 1 aromatic rings. The lowest BCUT2D eigenvalue weighted by atomic mass is 10.00. The summed E-state index contributed by atoms with van der Waals surface area (Å²) >= 11 is 0. The van der Waals surface area contributed by atoms with Crippen molar-refractivity contribution in [1.82, 2.24) is 10.6 Å². The summed E-state index contributed by atoms with van der Waals surface area (Å²) in [6, 6.07) is 6.76. The van der Waals surface area contributed by atoms with E-state index in [1.807, 2.05) is 0 Å². The number of hydrogen-bond donors (Lipinski definition) is 2. The van der Waals surface area contributed by atoms with Crippen LogP contribution < -0.4 is 10.6 Å². The highest BCUT2D eigenvalue weighted by Gasteiger charge is 2.18. The van der Waals surface area contributed by atoms with E-state index in [0.29, 0.717) is 13.0 Å². The first-order valence-corrected chi connectivity index (χ1v) is 7.71. The Hall–Kier alpha value is -1.39.